The zero-order chi connectivity index (χ0) is 25.7. The zero-order valence-corrected chi connectivity index (χ0v) is 22.0. The number of imidazole rings is 1. The van der Waals surface area contributed by atoms with Gasteiger partial charge in [-0.15, -0.1) is 11.3 Å². The van der Waals surface area contributed by atoms with E-state index in [1.165, 1.54) is 16.0 Å². The zero-order valence-electron chi connectivity index (χ0n) is 21.2. The lowest BCUT2D eigenvalue weighted by atomic mass is 9.98. The number of halogens is 1. The lowest BCUT2D eigenvalue weighted by Gasteiger charge is -2.48. The van der Waals surface area contributed by atoms with Crippen LogP contribution in [0.2, 0.25) is 0 Å². The highest BCUT2D eigenvalue weighted by Crippen LogP contribution is 2.35. The Morgan fingerprint density at radius 3 is 2.81 bits per heavy atom. The van der Waals surface area contributed by atoms with Crippen molar-refractivity contribution in [1.82, 2.24) is 24.1 Å². The summed E-state index contributed by atoms with van der Waals surface area (Å²) in [5.41, 5.74) is 3.35. The summed E-state index contributed by atoms with van der Waals surface area (Å²) in [6.07, 6.45) is 2.80. The average Bonchev–Trinajstić information content (AvgIpc) is 3.45. The van der Waals surface area contributed by atoms with Crippen molar-refractivity contribution >= 4 is 32.9 Å². The van der Waals surface area contributed by atoms with Crippen molar-refractivity contribution < 1.29 is 4.39 Å². The number of benzene rings is 1. The van der Waals surface area contributed by atoms with Gasteiger partial charge in [0.25, 0.3) is 5.56 Å². The van der Waals surface area contributed by atoms with Crippen molar-refractivity contribution in [2.24, 2.45) is 7.05 Å². The molecule has 1 fully saturated rings. The van der Waals surface area contributed by atoms with Gasteiger partial charge < -0.3 is 4.90 Å². The van der Waals surface area contributed by atoms with Crippen molar-refractivity contribution in [3.05, 3.63) is 56.8 Å². The second kappa shape index (κ2) is 9.30. The third-order valence-corrected chi connectivity index (χ3v) is 8.36. The van der Waals surface area contributed by atoms with E-state index in [1.54, 1.807) is 23.8 Å². The van der Waals surface area contributed by atoms with Crippen LogP contribution in [0.3, 0.4) is 0 Å². The minimum Gasteiger partial charge on any atom is -0.363 e. The summed E-state index contributed by atoms with van der Waals surface area (Å²) in [4.78, 5) is 26.5. The van der Waals surface area contributed by atoms with E-state index in [4.69, 9.17) is 5.26 Å². The Morgan fingerprint density at radius 2 is 2.08 bits per heavy atom. The summed E-state index contributed by atoms with van der Waals surface area (Å²) in [7, 11) is 1.70. The third kappa shape index (κ3) is 3.96. The molecule has 1 aromatic carbocycles. The predicted molar refractivity (Wildman–Crippen MR) is 140 cm³/mol. The van der Waals surface area contributed by atoms with Crippen LogP contribution in [0.4, 0.5) is 10.1 Å². The molecule has 4 aromatic rings. The van der Waals surface area contributed by atoms with Crippen LogP contribution in [0.15, 0.2) is 29.2 Å². The Kier molecular flexibility index (Phi) is 6.30. The fourth-order valence-corrected chi connectivity index (χ4v) is 6.28. The summed E-state index contributed by atoms with van der Waals surface area (Å²) in [5.74, 6) is -0.177. The van der Waals surface area contributed by atoms with E-state index >= 15 is 4.39 Å². The molecule has 0 amide bonds. The maximum Gasteiger partial charge on any atom is 0.267 e. The SMILES string of the molecule is CC[C@H]1CN(C(C)c2ccc3nc(C)sc3c2F)[C@H](C)CN1c1cc(=O)n(C)n2cc(CC#N)nc12. The minimum absolute atomic E-state index is 0.110. The maximum absolute atomic E-state index is 15.5. The van der Waals surface area contributed by atoms with Gasteiger partial charge in [0.05, 0.1) is 45.3 Å². The van der Waals surface area contributed by atoms with Crippen LogP contribution in [-0.4, -0.2) is 49.2 Å². The maximum atomic E-state index is 15.5. The molecule has 188 valence electrons. The number of aromatic nitrogens is 4. The molecule has 1 unspecified atom stereocenters. The highest BCUT2D eigenvalue weighted by atomic mass is 32.1. The fourth-order valence-electron chi connectivity index (χ4n) is 5.41. The van der Waals surface area contributed by atoms with E-state index in [1.807, 2.05) is 19.1 Å². The van der Waals surface area contributed by atoms with Gasteiger partial charge in [0.2, 0.25) is 0 Å². The molecule has 3 aromatic heterocycles. The summed E-state index contributed by atoms with van der Waals surface area (Å²) in [5, 5.41) is 10.0. The first-order chi connectivity index (χ1) is 17.2. The normalized spacial score (nSPS) is 19.8. The second-order valence-corrected chi connectivity index (χ2v) is 10.8. The Bertz CT molecular complexity index is 1550. The van der Waals surface area contributed by atoms with Crippen molar-refractivity contribution in [3.8, 4) is 6.07 Å². The van der Waals surface area contributed by atoms with Crippen LogP contribution in [0.5, 0.6) is 0 Å². The highest BCUT2D eigenvalue weighted by molar-refractivity contribution is 7.18. The molecule has 0 bridgehead atoms. The molecule has 0 spiro atoms. The van der Waals surface area contributed by atoms with Crippen LogP contribution < -0.4 is 10.5 Å². The van der Waals surface area contributed by atoms with E-state index in [0.717, 1.165) is 23.7 Å². The molecule has 0 N–H and O–H groups in total. The van der Waals surface area contributed by atoms with E-state index in [-0.39, 0.29) is 35.9 Å². The van der Waals surface area contributed by atoms with Gasteiger partial charge in [-0.1, -0.05) is 13.0 Å². The summed E-state index contributed by atoms with van der Waals surface area (Å²) < 4.78 is 19.4. The highest BCUT2D eigenvalue weighted by Gasteiger charge is 2.36. The van der Waals surface area contributed by atoms with Crippen molar-refractivity contribution in [2.75, 3.05) is 18.0 Å². The predicted octanol–water partition coefficient (Wildman–Crippen LogP) is 4.21. The van der Waals surface area contributed by atoms with Gasteiger partial charge in [-0.05, 0) is 33.3 Å². The Balaban J connectivity index is 1.50. The van der Waals surface area contributed by atoms with Crippen molar-refractivity contribution in [3.63, 3.8) is 0 Å². The monoisotopic (exact) mass is 507 g/mol. The van der Waals surface area contributed by atoms with Crippen LogP contribution in [0.25, 0.3) is 15.9 Å². The molecule has 4 heterocycles. The van der Waals surface area contributed by atoms with Crippen LogP contribution >= 0.6 is 11.3 Å². The quantitative estimate of drug-likeness (QED) is 0.403. The van der Waals surface area contributed by atoms with E-state index in [2.05, 4.69) is 46.6 Å². The molecule has 0 saturated carbocycles. The Morgan fingerprint density at radius 1 is 1.31 bits per heavy atom. The summed E-state index contributed by atoms with van der Waals surface area (Å²) in [6, 6.07) is 7.69. The number of hydrogen-bond acceptors (Lipinski definition) is 7. The molecular weight excluding hydrogens is 477 g/mol. The number of hydrogen-bond donors (Lipinski definition) is 0. The first-order valence-corrected chi connectivity index (χ1v) is 13.1. The number of aryl methyl sites for hydroxylation is 2. The largest absolute Gasteiger partial charge is 0.363 e. The summed E-state index contributed by atoms with van der Waals surface area (Å²) in [6.45, 7) is 9.65. The van der Waals surface area contributed by atoms with Gasteiger partial charge in [0, 0.05) is 49.9 Å². The van der Waals surface area contributed by atoms with Gasteiger partial charge in [-0.25, -0.2) is 23.6 Å². The topological polar surface area (TPSA) is 82.5 Å². The molecular formula is C26H30FN7OS. The molecule has 0 aliphatic carbocycles. The number of fused-ring (bicyclic) bond motifs is 2. The van der Waals surface area contributed by atoms with Crippen LogP contribution in [-0.2, 0) is 13.5 Å². The minimum atomic E-state index is -0.177. The third-order valence-electron chi connectivity index (χ3n) is 7.38. The molecule has 8 nitrogen and oxygen atoms in total. The molecule has 0 radical (unpaired) electrons. The van der Waals surface area contributed by atoms with Crippen LogP contribution in [0.1, 0.15) is 49.5 Å². The number of rotatable bonds is 5. The molecule has 10 heteroatoms. The molecule has 36 heavy (non-hydrogen) atoms. The molecule has 3 atom stereocenters. The summed E-state index contributed by atoms with van der Waals surface area (Å²) >= 11 is 1.40. The number of piperazine rings is 1. The van der Waals surface area contributed by atoms with Crippen LogP contribution in [0, 0.1) is 24.1 Å². The Labute approximate surface area is 213 Å². The van der Waals surface area contributed by atoms with Gasteiger partial charge in [-0.2, -0.15) is 5.26 Å². The van der Waals surface area contributed by atoms with E-state index in [9.17, 15) is 4.79 Å². The lowest BCUT2D eigenvalue weighted by molar-refractivity contribution is 0.112. The number of nitriles is 1. The first kappa shape index (κ1) is 24.4. The van der Waals surface area contributed by atoms with Crippen molar-refractivity contribution in [2.45, 2.75) is 58.7 Å². The fraction of sp³-hybridized carbons (Fsp3) is 0.462. The van der Waals surface area contributed by atoms with E-state index in [0.29, 0.717) is 33.7 Å². The number of anilines is 1. The van der Waals surface area contributed by atoms with E-state index < -0.39 is 0 Å². The standard InChI is InChI=1S/C26H30FN7OS/c1-6-19-14-32(16(3)20-7-8-21-25(24(20)27)36-17(4)29-21)15(2)12-33(19)22-11-23(35)31(5)34-13-18(9-10-28)30-26(22)34/h7-8,11,13,15-16,19H,6,9,12,14H2,1-5H3/t15-,16?,19+/m1/s1. The molecule has 1 aliphatic rings. The second-order valence-electron chi connectivity index (χ2n) is 9.61. The smallest absolute Gasteiger partial charge is 0.267 e. The number of nitrogens with zero attached hydrogens (tertiary/aromatic N) is 7. The molecule has 1 aliphatic heterocycles. The van der Waals surface area contributed by atoms with Gasteiger partial charge >= 0.3 is 0 Å². The molecule has 1 saturated heterocycles. The van der Waals surface area contributed by atoms with Gasteiger partial charge in [-0.3, -0.25) is 9.69 Å². The van der Waals surface area contributed by atoms with Gasteiger partial charge in [0.15, 0.2) is 5.65 Å². The van der Waals surface area contributed by atoms with Crippen molar-refractivity contribution in [1.29, 1.82) is 5.26 Å². The first-order valence-electron chi connectivity index (χ1n) is 12.3. The Hall–Kier alpha value is -3.29. The lowest BCUT2D eigenvalue weighted by Crippen LogP contribution is -2.58. The average molecular weight is 508 g/mol. The van der Waals surface area contributed by atoms with Gasteiger partial charge in [0.1, 0.15) is 5.82 Å². The number of thiazole rings is 1. The molecule has 5 rings (SSSR count).